The zero-order valence-corrected chi connectivity index (χ0v) is 12.1. The molecule has 0 aliphatic rings. The van der Waals surface area contributed by atoms with Gasteiger partial charge in [-0.2, -0.15) is 0 Å². The molecule has 0 atom stereocenters. The number of allylic oxidation sites excluding steroid dienone is 10. The van der Waals surface area contributed by atoms with Crippen LogP contribution in [0.2, 0.25) is 0 Å². The Kier molecular flexibility index (Phi) is 6.69. The lowest BCUT2D eigenvalue weighted by atomic mass is 10.0. The molecule has 0 saturated carbocycles. The summed E-state index contributed by atoms with van der Waals surface area (Å²) in [6, 6.07) is 0. The lowest BCUT2D eigenvalue weighted by Gasteiger charge is -2.05. The maximum atomic E-state index is 4.04. The van der Waals surface area contributed by atoms with E-state index in [9.17, 15) is 0 Å². The highest BCUT2D eigenvalue weighted by atomic mass is 14.8. The molecule has 20 heavy (non-hydrogen) atoms. The largest absolute Gasteiger partial charge is 0.244 e. The summed E-state index contributed by atoms with van der Waals surface area (Å²) in [6.45, 7) is 11.7. The van der Waals surface area contributed by atoms with Crippen LogP contribution in [0.5, 0.6) is 0 Å². The molecule has 0 spiro atoms. The molecular formula is C18H20N2. The van der Waals surface area contributed by atoms with Gasteiger partial charge in [0.1, 0.15) is 6.33 Å². The lowest BCUT2D eigenvalue weighted by molar-refractivity contribution is 1.15. The first kappa shape index (κ1) is 15.6. The van der Waals surface area contributed by atoms with Crippen molar-refractivity contribution in [3.63, 3.8) is 0 Å². The fraction of sp³-hybridized carbons (Fsp3) is 0.111. The van der Waals surface area contributed by atoms with Gasteiger partial charge in [0.25, 0.3) is 0 Å². The van der Waals surface area contributed by atoms with E-state index >= 15 is 0 Å². The topological polar surface area (TPSA) is 25.8 Å². The van der Waals surface area contributed by atoms with Gasteiger partial charge in [-0.3, -0.25) is 0 Å². The Balaban J connectivity index is 3.38. The fourth-order valence-electron chi connectivity index (χ4n) is 1.74. The quantitative estimate of drug-likeness (QED) is 0.697. The zero-order chi connectivity index (χ0) is 14.8. The van der Waals surface area contributed by atoms with Gasteiger partial charge in [0.2, 0.25) is 0 Å². The summed E-state index contributed by atoms with van der Waals surface area (Å²) in [5.41, 5.74) is 4.04. The summed E-state index contributed by atoms with van der Waals surface area (Å²) in [5.74, 6) is 0. The van der Waals surface area contributed by atoms with Crippen LogP contribution in [0, 0.1) is 0 Å². The number of rotatable bonds is 6. The molecule has 0 bridgehead atoms. The summed E-state index contributed by atoms with van der Waals surface area (Å²) in [5, 5.41) is 0. The molecule has 2 heteroatoms. The van der Waals surface area contributed by atoms with Crippen LogP contribution in [0.25, 0.3) is 5.57 Å². The maximum absolute atomic E-state index is 4.04. The van der Waals surface area contributed by atoms with Gasteiger partial charge in [-0.05, 0) is 36.6 Å². The first-order valence-corrected chi connectivity index (χ1v) is 6.48. The van der Waals surface area contributed by atoms with Crippen molar-refractivity contribution in [2.75, 3.05) is 0 Å². The first-order chi connectivity index (χ1) is 9.76. The van der Waals surface area contributed by atoms with E-state index in [2.05, 4.69) is 29.2 Å². The Morgan fingerprint density at radius 3 is 2.05 bits per heavy atom. The molecule has 0 radical (unpaired) electrons. The van der Waals surface area contributed by atoms with Crippen molar-refractivity contribution in [3.05, 3.63) is 91.1 Å². The second kappa shape index (κ2) is 8.59. The van der Waals surface area contributed by atoms with E-state index in [1.165, 1.54) is 6.33 Å². The van der Waals surface area contributed by atoms with Gasteiger partial charge in [0, 0.05) is 18.0 Å². The Morgan fingerprint density at radius 2 is 1.55 bits per heavy atom. The van der Waals surface area contributed by atoms with Crippen LogP contribution in [0.4, 0.5) is 0 Å². The maximum Gasteiger partial charge on any atom is 0.115 e. The SMILES string of the molecule is C=C\C(=C/C(/C=C\C)=C(C=C)/C=C\C)c1cncnc1. The van der Waals surface area contributed by atoms with E-state index in [1.807, 2.05) is 44.2 Å². The molecule has 1 aromatic rings. The van der Waals surface area contributed by atoms with Crippen LogP contribution < -0.4 is 0 Å². The molecule has 1 heterocycles. The van der Waals surface area contributed by atoms with E-state index in [0.717, 1.165) is 22.3 Å². The Labute approximate surface area is 121 Å². The minimum Gasteiger partial charge on any atom is -0.244 e. The normalized spacial score (nSPS) is 13.6. The van der Waals surface area contributed by atoms with Crippen LogP contribution in [-0.2, 0) is 0 Å². The molecule has 0 aromatic carbocycles. The van der Waals surface area contributed by atoms with Gasteiger partial charge in [0.15, 0.2) is 0 Å². The number of hydrogen-bond donors (Lipinski definition) is 0. The Hall–Kier alpha value is -2.48. The van der Waals surface area contributed by atoms with Crippen LogP contribution in [0.15, 0.2) is 85.6 Å². The second-order valence-electron chi connectivity index (χ2n) is 4.05. The third-order valence-electron chi connectivity index (χ3n) is 2.67. The van der Waals surface area contributed by atoms with E-state index in [0.29, 0.717) is 0 Å². The van der Waals surface area contributed by atoms with Crippen LogP contribution in [0.3, 0.4) is 0 Å². The van der Waals surface area contributed by atoms with Crippen LogP contribution in [0.1, 0.15) is 19.4 Å². The number of aromatic nitrogens is 2. The molecular weight excluding hydrogens is 244 g/mol. The summed E-state index contributed by atoms with van der Waals surface area (Å²) >= 11 is 0. The van der Waals surface area contributed by atoms with Crippen molar-refractivity contribution < 1.29 is 0 Å². The molecule has 0 aliphatic heterocycles. The molecule has 0 aliphatic carbocycles. The lowest BCUT2D eigenvalue weighted by Crippen LogP contribution is -1.87. The third-order valence-corrected chi connectivity index (χ3v) is 2.67. The average Bonchev–Trinajstić information content (AvgIpc) is 2.50. The molecule has 102 valence electrons. The third kappa shape index (κ3) is 4.32. The van der Waals surface area contributed by atoms with Crippen molar-refractivity contribution in [1.82, 2.24) is 9.97 Å². The molecule has 0 saturated heterocycles. The predicted molar refractivity (Wildman–Crippen MR) is 87.1 cm³/mol. The summed E-state index contributed by atoms with van der Waals surface area (Å²) in [7, 11) is 0. The Morgan fingerprint density at radius 1 is 0.950 bits per heavy atom. The molecule has 1 rings (SSSR count). The van der Waals surface area contributed by atoms with Crippen molar-refractivity contribution in [2.24, 2.45) is 0 Å². The van der Waals surface area contributed by atoms with Gasteiger partial charge in [-0.1, -0.05) is 49.6 Å². The van der Waals surface area contributed by atoms with Crippen molar-refractivity contribution in [3.8, 4) is 0 Å². The number of hydrogen-bond acceptors (Lipinski definition) is 2. The van der Waals surface area contributed by atoms with Gasteiger partial charge in [0.05, 0.1) is 0 Å². The summed E-state index contributed by atoms with van der Waals surface area (Å²) in [4.78, 5) is 8.08. The number of nitrogens with zero attached hydrogens (tertiary/aromatic N) is 2. The Bertz CT molecular complexity index is 573. The molecule has 0 fully saturated rings. The molecule has 2 nitrogen and oxygen atoms in total. The predicted octanol–water partition coefficient (Wildman–Crippen LogP) is 4.68. The average molecular weight is 264 g/mol. The van der Waals surface area contributed by atoms with E-state index in [1.54, 1.807) is 18.5 Å². The summed E-state index contributed by atoms with van der Waals surface area (Å²) < 4.78 is 0. The minimum atomic E-state index is 0.938. The summed E-state index contributed by atoms with van der Waals surface area (Å²) in [6.07, 6.45) is 18.8. The minimum absolute atomic E-state index is 0.938. The second-order valence-corrected chi connectivity index (χ2v) is 4.05. The molecule has 1 aromatic heterocycles. The highest BCUT2D eigenvalue weighted by Crippen LogP contribution is 2.20. The first-order valence-electron chi connectivity index (χ1n) is 6.48. The van der Waals surface area contributed by atoms with Gasteiger partial charge >= 0.3 is 0 Å². The molecule has 0 amide bonds. The van der Waals surface area contributed by atoms with Crippen LogP contribution >= 0.6 is 0 Å². The van der Waals surface area contributed by atoms with E-state index in [4.69, 9.17) is 0 Å². The molecule has 0 unspecified atom stereocenters. The van der Waals surface area contributed by atoms with E-state index in [-0.39, 0.29) is 0 Å². The highest BCUT2D eigenvalue weighted by Gasteiger charge is 2.01. The van der Waals surface area contributed by atoms with Crippen molar-refractivity contribution in [1.29, 1.82) is 0 Å². The smallest absolute Gasteiger partial charge is 0.115 e. The van der Waals surface area contributed by atoms with Crippen molar-refractivity contribution >= 4 is 5.57 Å². The van der Waals surface area contributed by atoms with Crippen molar-refractivity contribution in [2.45, 2.75) is 13.8 Å². The van der Waals surface area contributed by atoms with Gasteiger partial charge in [-0.25, -0.2) is 9.97 Å². The highest BCUT2D eigenvalue weighted by molar-refractivity contribution is 5.76. The van der Waals surface area contributed by atoms with Gasteiger partial charge < -0.3 is 0 Å². The monoisotopic (exact) mass is 264 g/mol. The fourth-order valence-corrected chi connectivity index (χ4v) is 1.74. The zero-order valence-electron chi connectivity index (χ0n) is 12.1. The standard InChI is InChI=1S/C18H20N2/c1-5-9-15(7-3)17(10-6-2)11-16(8-4)18-12-19-14-20-13-18/h5-14H,3-4H2,1-2H3/b9-5-,10-6-,16-11+,17-15+. The van der Waals surface area contributed by atoms with E-state index < -0.39 is 0 Å². The van der Waals surface area contributed by atoms with Gasteiger partial charge in [-0.15, -0.1) is 0 Å². The molecule has 0 N–H and O–H groups in total. The van der Waals surface area contributed by atoms with Crippen LogP contribution in [-0.4, -0.2) is 9.97 Å².